The van der Waals surface area contributed by atoms with Crippen molar-refractivity contribution < 1.29 is 14.3 Å². The Morgan fingerprint density at radius 3 is 2.50 bits per heavy atom. The van der Waals surface area contributed by atoms with Crippen LogP contribution in [-0.2, 0) is 11.4 Å². The number of amides is 1. The molecule has 0 aliphatic carbocycles. The standard InChI is InChI=1S/C24H19BrCl3NO3/c1-2-31-22-12-15(7-10-23(30)29-17-8-9-20(27)21(28)13-17)11-18(25)24(22)32-14-16-5-3-4-6-19(16)26/h3-13H,2,14H2,1H3,(H,29,30)/b10-7+. The molecule has 0 aliphatic rings. The molecule has 1 amide bonds. The van der Waals surface area contributed by atoms with Crippen LogP contribution in [0.2, 0.25) is 15.1 Å². The maximum Gasteiger partial charge on any atom is 0.248 e. The predicted octanol–water partition coefficient (Wildman–Crippen LogP) is 8.04. The summed E-state index contributed by atoms with van der Waals surface area (Å²) >= 11 is 21.6. The minimum atomic E-state index is -0.309. The largest absolute Gasteiger partial charge is 0.490 e. The molecule has 8 heteroatoms. The minimum Gasteiger partial charge on any atom is -0.490 e. The number of anilines is 1. The molecule has 0 saturated carbocycles. The molecule has 0 bridgehead atoms. The van der Waals surface area contributed by atoms with Gasteiger partial charge >= 0.3 is 0 Å². The van der Waals surface area contributed by atoms with E-state index in [1.54, 1.807) is 30.3 Å². The molecule has 0 aliphatic heterocycles. The Hall–Kier alpha value is -2.18. The number of nitrogens with one attached hydrogen (secondary N) is 1. The normalized spacial score (nSPS) is 10.9. The van der Waals surface area contributed by atoms with Crippen molar-refractivity contribution in [3.63, 3.8) is 0 Å². The molecule has 4 nitrogen and oxygen atoms in total. The molecule has 3 rings (SSSR count). The molecule has 1 N–H and O–H groups in total. The number of hydrogen-bond donors (Lipinski definition) is 1. The molecule has 166 valence electrons. The third-order valence-corrected chi connectivity index (χ3v) is 5.97. The van der Waals surface area contributed by atoms with E-state index in [4.69, 9.17) is 44.3 Å². The summed E-state index contributed by atoms with van der Waals surface area (Å²) in [6.07, 6.45) is 3.10. The Balaban J connectivity index is 1.74. The van der Waals surface area contributed by atoms with E-state index >= 15 is 0 Å². The second-order valence-corrected chi connectivity index (χ2v) is 8.67. The lowest BCUT2D eigenvalue weighted by molar-refractivity contribution is -0.111. The fraction of sp³-hybridized carbons (Fsp3) is 0.125. The number of rotatable bonds is 8. The number of ether oxygens (including phenoxy) is 2. The van der Waals surface area contributed by atoms with Crippen LogP contribution in [0.1, 0.15) is 18.1 Å². The molecule has 3 aromatic rings. The summed E-state index contributed by atoms with van der Waals surface area (Å²) in [6.45, 7) is 2.64. The Morgan fingerprint density at radius 1 is 1.00 bits per heavy atom. The molecule has 0 spiro atoms. The SMILES string of the molecule is CCOc1cc(/C=C/C(=O)Nc2ccc(Cl)c(Cl)c2)cc(Br)c1OCc1ccccc1Cl. The lowest BCUT2D eigenvalue weighted by atomic mass is 10.1. The van der Waals surface area contributed by atoms with E-state index in [9.17, 15) is 4.79 Å². The third kappa shape index (κ3) is 6.66. The number of hydrogen-bond acceptors (Lipinski definition) is 3. The molecule has 0 heterocycles. The van der Waals surface area contributed by atoms with Crippen LogP contribution in [0.15, 0.2) is 65.1 Å². The zero-order chi connectivity index (χ0) is 23.1. The fourth-order valence-corrected chi connectivity index (χ4v) is 3.84. The van der Waals surface area contributed by atoms with Crippen LogP contribution >= 0.6 is 50.7 Å². The molecular formula is C24H19BrCl3NO3. The monoisotopic (exact) mass is 553 g/mol. The molecule has 3 aromatic carbocycles. The molecule has 0 aromatic heterocycles. The van der Waals surface area contributed by atoms with Crippen LogP contribution in [0.3, 0.4) is 0 Å². The summed E-state index contributed by atoms with van der Waals surface area (Å²) in [5, 5.41) is 4.16. The molecule has 0 saturated heterocycles. The highest BCUT2D eigenvalue weighted by Gasteiger charge is 2.13. The van der Waals surface area contributed by atoms with E-state index in [2.05, 4.69) is 21.2 Å². The van der Waals surface area contributed by atoms with Crippen molar-refractivity contribution in [1.29, 1.82) is 0 Å². The zero-order valence-corrected chi connectivity index (χ0v) is 20.9. The zero-order valence-electron chi connectivity index (χ0n) is 17.0. The minimum absolute atomic E-state index is 0.291. The Kier molecular flexibility index (Phi) is 8.88. The first-order valence-electron chi connectivity index (χ1n) is 9.64. The van der Waals surface area contributed by atoms with Crippen molar-refractivity contribution in [1.82, 2.24) is 0 Å². The van der Waals surface area contributed by atoms with E-state index < -0.39 is 0 Å². The number of carbonyl (C=O) groups excluding carboxylic acids is 1. The smallest absolute Gasteiger partial charge is 0.248 e. The van der Waals surface area contributed by atoms with E-state index in [0.717, 1.165) is 11.1 Å². The van der Waals surface area contributed by atoms with Gasteiger partial charge in [-0.15, -0.1) is 0 Å². The molecule has 0 unspecified atom stereocenters. The Morgan fingerprint density at radius 2 is 1.78 bits per heavy atom. The van der Waals surface area contributed by atoms with Crippen molar-refractivity contribution in [2.45, 2.75) is 13.5 Å². The van der Waals surface area contributed by atoms with Gasteiger partial charge in [0.1, 0.15) is 6.61 Å². The third-order valence-electron chi connectivity index (χ3n) is 4.28. The van der Waals surface area contributed by atoms with E-state index in [1.807, 2.05) is 37.3 Å². The highest BCUT2D eigenvalue weighted by Crippen LogP contribution is 2.38. The second kappa shape index (κ2) is 11.6. The van der Waals surface area contributed by atoms with Crippen molar-refractivity contribution in [3.8, 4) is 11.5 Å². The lowest BCUT2D eigenvalue weighted by Gasteiger charge is -2.15. The summed E-state index contributed by atoms with van der Waals surface area (Å²) in [5.41, 5.74) is 2.18. The van der Waals surface area contributed by atoms with E-state index in [1.165, 1.54) is 6.08 Å². The van der Waals surface area contributed by atoms with Gasteiger partial charge < -0.3 is 14.8 Å². The van der Waals surface area contributed by atoms with Crippen LogP contribution in [-0.4, -0.2) is 12.5 Å². The van der Waals surface area contributed by atoms with Gasteiger partial charge in [-0.25, -0.2) is 0 Å². The van der Waals surface area contributed by atoms with Gasteiger partial charge in [0, 0.05) is 22.3 Å². The van der Waals surface area contributed by atoms with E-state index in [0.29, 0.717) is 49.9 Å². The summed E-state index contributed by atoms with van der Waals surface area (Å²) in [6, 6.07) is 16.0. The number of carbonyl (C=O) groups is 1. The van der Waals surface area contributed by atoms with Crippen LogP contribution in [0.5, 0.6) is 11.5 Å². The first-order valence-corrected chi connectivity index (χ1v) is 11.6. The van der Waals surface area contributed by atoms with Gasteiger partial charge in [0.05, 0.1) is 21.1 Å². The average molecular weight is 556 g/mol. The van der Waals surface area contributed by atoms with Gasteiger partial charge in [0.15, 0.2) is 11.5 Å². The quantitative estimate of drug-likeness (QED) is 0.286. The number of halogens is 4. The molecular weight excluding hydrogens is 537 g/mol. The van der Waals surface area contributed by atoms with Crippen LogP contribution in [0.4, 0.5) is 5.69 Å². The fourth-order valence-electron chi connectivity index (χ4n) is 2.78. The van der Waals surface area contributed by atoms with Gasteiger partial charge in [-0.2, -0.15) is 0 Å². The molecule has 0 radical (unpaired) electrons. The Bertz CT molecular complexity index is 1150. The van der Waals surface area contributed by atoms with Crippen LogP contribution < -0.4 is 14.8 Å². The van der Waals surface area contributed by atoms with Crippen molar-refractivity contribution in [2.24, 2.45) is 0 Å². The van der Waals surface area contributed by atoms with E-state index in [-0.39, 0.29) is 5.91 Å². The first-order chi connectivity index (χ1) is 15.4. The molecule has 32 heavy (non-hydrogen) atoms. The highest BCUT2D eigenvalue weighted by atomic mass is 79.9. The van der Waals surface area contributed by atoms with Crippen LogP contribution in [0.25, 0.3) is 6.08 Å². The first kappa shape index (κ1) is 24.5. The molecule has 0 fully saturated rings. The van der Waals surface area contributed by atoms with Crippen molar-refractivity contribution in [3.05, 3.63) is 91.3 Å². The summed E-state index contributed by atoms with van der Waals surface area (Å²) in [4.78, 5) is 12.3. The van der Waals surface area contributed by atoms with Crippen LogP contribution in [0, 0.1) is 0 Å². The van der Waals surface area contributed by atoms with Gasteiger partial charge in [-0.1, -0.05) is 53.0 Å². The van der Waals surface area contributed by atoms with Crippen molar-refractivity contribution in [2.75, 3.05) is 11.9 Å². The van der Waals surface area contributed by atoms with Gasteiger partial charge in [-0.3, -0.25) is 4.79 Å². The summed E-state index contributed by atoms with van der Waals surface area (Å²) in [7, 11) is 0. The topological polar surface area (TPSA) is 47.6 Å². The van der Waals surface area contributed by atoms with Gasteiger partial charge in [0.2, 0.25) is 5.91 Å². The summed E-state index contributed by atoms with van der Waals surface area (Å²) < 4.78 is 12.4. The predicted molar refractivity (Wildman–Crippen MR) is 135 cm³/mol. The molecule has 0 atom stereocenters. The second-order valence-electron chi connectivity index (χ2n) is 6.59. The average Bonchev–Trinajstić information content (AvgIpc) is 2.75. The number of benzene rings is 3. The van der Waals surface area contributed by atoms with Gasteiger partial charge in [0.25, 0.3) is 0 Å². The Labute approximate surface area is 210 Å². The maximum absolute atomic E-state index is 12.3. The summed E-state index contributed by atoms with van der Waals surface area (Å²) in [5.74, 6) is 0.805. The highest BCUT2D eigenvalue weighted by molar-refractivity contribution is 9.10. The van der Waals surface area contributed by atoms with Crippen molar-refractivity contribution >= 4 is 68.4 Å². The maximum atomic E-state index is 12.3. The van der Waals surface area contributed by atoms with Gasteiger partial charge in [-0.05, 0) is 70.9 Å². The lowest BCUT2D eigenvalue weighted by Crippen LogP contribution is -2.07.